The molecule has 0 unspecified atom stereocenters. The number of ketones is 1. The largest absolute Gasteiger partial charge is 0.299 e. The van der Waals surface area contributed by atoms with Crippen LogP contribution < -0.4 is 0 Å². The van der Waals surface area contributed by atoms with Gasteiger partial charge in [-0.3, -0.25) is 9.69 Å². The van der Waals surface area contributed by atoms with Gasteiger partial charge in [0.1, 0.15) is 5.78 Å². The van der Waals surface area contributed by atoms with Crippen molar-refractivity contribution in [3.05, 3.63) is 84.4 Å². The van der Waals surface area contributed by atoms with E-state index in [0.717, 1.165) is 32.4 Å². The number of carbonyl (C=O) groups excluding carboxylic acids is 1. The zero-order valence-corrected chi connectivity index (χ0v) is 14.8. The van der Waals surface area contributed by atoms with E-state index in [-0.39, 0.29) is 5.92 Å². The van der Waals surface area contributed by atoms with E-state index >= 15 is 0 Å². The minimum Gasteiger partial charge on any atom is -0.299 e. The van der Waals surface area contributed by atoms with E-state index in [1.54, 1.807) is 0 Å². The third-order valence-electron chi connectivity index (χ3n) is 5.14. The second-order valence-electron chi connectivity index (χ2n) is 6.99. The van der Waals surface area contributed by atoms with Gasteiger partial charge in [-0.25, -0.2) is 0 Å². The number of allylic oxidation sites excluding steroid dienone is 1. The molecular formula is C23H27NO. The topological polar surface area (TPSA) is 20.3 Å². The molecule has 25 heavy (non-hydrogen) atoms. The Balaban J connectivity index is 1.63. The fourth-order valence-electron chi connectivity index (χ4n) is 3.55. The number of hydrogen-bond donors (Lipinski definition) is 0. The number of carbonyl (C=O) groups is 1. The van der Waals surface area contributed by atoms with Gasteiger partial charge >= 0.3 is 0 Å². The van der Waals surface area contributed by atoms with Crippen LogP contribution >= 0.6 is 0 Å². The van der Waals surface area contributed by atoms with Gasteiger partial charge < -0.3 is 0 Å². The molecule has 0 amide bonds. The van der Waals surface area contributed by atoms with Crippen LogP contribution in [-0.2, 0) is 17.9 Å². The maximum atomic E-state index is 12.2. The molecule has 0 N–H and O–H groups in total. The van der Waals surface area contributed by atoms with Gasteiger partial charge in [-0.1, -0.05) is 66.7 Å². The molecule has 1 fully saturated rings. The molecule has 0 atom stereocenters. The average Bonchev–Trinajstić information content (AvgIpc) is 2.60. The zero-order chi connectivity index (χ0) is 17.5. The molecule has 1 saturated carbocycles. The van der Waals surface area contributed by atoms with Crippen molar-refractivity contribution in [1.29, 1.82) is 0 Å². The molecule has 2 heteroatoms. The molecule has 0 aromatic heterocycles. The molecule has 0 spiro atoms. The summed E-state index contributed by atoms with van der Waals surface area (Å²) in [6.45, 7) is 5.59. The lowest BCUT2D eigenvalue weighted by atomic mass is 9.75. The molecular weight excluding hydrogens is 306 g/mol. The Bertz CT molecular complexity index is 632. The minimum absolute atomic E-state index is 0.249. The molecule has 0 radical (unpaired) electrons. The predicted molar refractivity (Wildman–Crippen MR) is 103 cm³/mol. The summed E-state index contributed by atoms with van der Waals surface area (Å²) in [5.41, 5.74) is 2.67. The smallest absolute Gasteiger partial charge is 0.136 e. The summed E-state index contributed by atoms with van der Waals surface area (Å²) in [5, 5.41) is 0. The first-order valence-electron chi connectivity index (χ1n) is 9.21. The Hall–Kier alpha value is -2.19. The Morgan fingerprint density at radius 2 is 1.48 bits per heavy atom. The lowest BCUT2D eigenvalue weighted by molar-refractivity contribution is -0.127. The summed E-state index contributed by atoms with van der Waals surface area (Å²) in [5.74, 6) is 0.662. The SMILES string of the molecule is C=CCCC(=O)C1CC(N(Cc2ccccc2)Cc2ccccc2)C1. The molecule has 0 aliphatic heterocycles. The van der Waals surface area contributed by atoms with Crippen LogP contribution in [0.15, 0.2) is 73.3 Å². The van der Waals surface area contributed by atoms with Gasteiger partial charge in [-0.2, -0.15) is 0 Å². The fraction of sp³-hybridized carbons (Fsp3) is 0.348. The highest BCUT2D eigenvalue weighted by Gasteiger charge is 2.37. The summed E-state index contributed by atoms with van der Waals surface area (Å²) in [4.78, 5) is 14.7. The van der Waals surface area contributed by atoms with Crippen molar-refractivity contribution in [3.8, 4) is 0 Å². The van der Waals surface area contributed by atoms with Crippen LogP contribution in [0.4, 0.5) is 0 Å². The molecule has 0 heterocycles. The van der Waals surface area contributed by atoms with Crippen molar-refractivity contribution in [2.24, 2.45) is 5.92 Å². The van der Waals surface area contributed by atoms with Crippen LogP contribution in [0.25, 0.3) is 0 Å². The Labute approximate surface area is 151 Å². The number of benzene rings is 2. The van der Waals surface area contributed by atoms with Crippen molar-refractivity contribution in [3.63, 3.8) is 0 Å². The normalized spacial score (nSPS) is 19.4. The number of nitrogens with zero attached hydrogens (tertiary/aromatic N) is 1. The summed E-state index contributed by atoms with van der Waals surface area (Å²) >= 11 is 0. The summed E-state index contributed by atoms with van der Waals surface area (Å²) in [7, 11) is 0. The second kappa shape index (κ2) is 8.77. The van der Waals surface area contributed by atoms with E-state index in [1.165, 1.54) is 11.1 Å². The van der Waals surface area contributed by atoms with E-state index in [9.17, 15) is 4.79 Å². The maximum Gasteiger partial charge on any atom is 0.136 e. The monoisotopic (exact) mass is 333 g/mol. The summed E-state index contributed by atoms with van der Waals surface area (Å²) in [6, 6.07) is 21.7. The van der Waals surface area contributed by atoms with Gasteiger partial charge in [-0.05, 0) is 30.4 Å². The highest BCUT2D eigenvalue weighted by molar-refractivity contribution is 5.82. The van der Waals surface area contributed by atoms with Gasteiger partial charge in [0.15, 0.2) is 0 Å². The molecule has 130 valence electrons. The van der Waals surface area contributed by atoms with Crippen LogP contribution in [0.2, 0.25) is 0 Å². The molecule has 0 saturated heterocycles. The van der Waals surface area contributed by atoms with Crippen molar-refractivity contribution in [1.82, 2.24) is 4.90 Å². The van der Waals surface area contributed by atoms with Gasteiger partial charge in [0, 0.05) is 31.5 Å². The van der Waals surface area contributed by atoms with Crippen LogP contribution in [0, 0.1) is 5.92 Å². The summed E-state index contributed by atoms with van der Waals surface area (Å²) < 4.78 is 0. The average molecular weight is 333 g/mol. The van der Waals surface area contributed by atoms with E-state index < -0.39 is 0 Å². The minimum atomic E-state index is 0.249. The third kappa shape index (κ3) is 4.90. The molecule has 2 aromatic carbocycles. The van der Waals surface area contributed by atoms with Gasteiger partial charge in [0.25, 0.3) is 0 Å². The Morgan fingerprint density at radius 1 is 0.960 bits per heavy atom. The highest BCUT2D eigenvalue weighted by atomic mass is 16.1. The van der Waals surface area contributed by atoms with Crippen LogP contribution in [0.1, 0.15) is 36.8 Å². The van der Waals surface area contributed by atoms with Gasteiger partial charge in [0.05, 0.1) is 0 Å². The number of Topliss-reactive ketones (excluding diaryl/α,β-unsaturated/α-hetero) is 1. The number of hydrogen-bond acceptors (Lipinski definition) is 2. The van der Waals surface area contributed by atoms with Crippen molar-refractivity contribution in [2.75, 3.05) is 0 Å². The lowest BCUT2D eigenvalue weighted by Crippen LogP contribution is -2.46. The van der Waals surface area contributed by atoms with Crippen LogP contribution in [-0.4, -0.2) is 16.7 Å². The van der Waals surface area contributed by atoms with Gasteiger partial charge in [0.2, 0.25) is 0 Å². The first kappa shape index (κ1) is 17.6. The fourth-order valence-corrected chi connectivity index (χ4v) is 3.55. The van der Waals surface area contributed by atoms with Crippen molar-refractivity contribution >= 4 is 5.78 Å². The quantitative estimate of drug-likeness (QED) is 0.602. The van der Waals surface area contributed by atoms with E-state index in [2.05, 4.69) is 72.1 Å². The lowest BCUT2D eigenvalue weighted by Gasteiger charge is -2.42. The molecule has 0 bridgehead atoms. The van der Waals surface area contributed by atoms with Gasteiger partial charge in [-0.15, -0.1) is 6.58 Å². The molecule has 1 aliphatic rings. The molecule has 2 nitrogen and oxygen atoms in total. The van der Waals surface area contributed by atoms with Crippen LogP contribution in [0.3, 0.4) is 0 Å². The molecule has 2 aromatic rings. The van der Waals surface area contributed by atoms with Crippen LogP contribution in [0.5, 0.6) is 0 Å². The van der Waals surface area contributed by atoms with E-state index in [4.69, 9.17) is 0 Å². The highest BCUT2D eigenvalue weighted by Crippen LogP contribution is 2.35. The standard InChI is InChI=1S/C23H27NO/c1-2-3-14-23(25)21-15-22(16-21)24(17-19-10-6-4-7-11-19)18-20-12-8-5-9-13-20/h2,4-13,21-22H,1,3,14-18H2. The maximum absolute atomic E-state index is 12.2. The second-order valence-corrected chi connectivity index (χ2v) is 6.99. The van der Waals surface area contributed by atoms with Crippen molar-refractivity contribution < 1.29 is 4.79 Å². The predicted octanol–water partition coefficient (Wildman–Crippen LogP) is 5.00. The van der Waals surface area contributed by atoms with E-state index in [0.29, 0.717) is 18.2 Å². The van der Waals surface area contributed by atoms with E-state index in [1.807, 2.05) is 6.08 Å². The Kier molecular flexibility index (Phi) is 6.19. The first-order chi connectivity index (χ1) is 12.3. The number of rotatable bonds is 9. The molecule has 1 aliphatic carbocycles. The zero-order valence-electron chi connectivity index (χ0n) is 14.8. The molecule has 3 rings (SSSR count). The Morgan fingerprint density at radius 3 is 1.96 bits per heavy atom. The summed E-state index contributed by atoms with van der Waals surface area (Å²) in [6.07, 6.45) is 5.28. The van der Waals surface area contributed by atoms with Crippen molar-refractivity contribution in [2.45, 2.75) is 44.8 Å². The first-order valence-corrected chi connectivity index (χ1v) is 9.21. The third-order valence-corrected chi connectivity index (χ3v) is 5.14.